The fourth-order valence-electron chi connectivity index (χ4n) is 2.93. The van der Waals surface area contributed by atoms with E-state index in [1.807, 2.05) is 37.3 Å². The molecule has 122 valence electrons. The van der Waals surface area contributed by atoms with E-state index in [-0.39, 0.29) is 0 Å². The summed E-state index contributed by atoms with van der Waals surface area (Å²) in [5, 5.41) is 0.458. The van der Waals surface area contributed by atoms with Crippen LogP contribution in [0.4, 0.5) is 11.6 Å². The molecule has 0 spiro atoms. The molecule has 3 heterocycles. The maximum absolute atomic E-state index is 6.36. The van der Waals surface area contributed by atoms with Crippen LogP contribution < -0.4 is 9.80 Å². The minimum atomic E-state index is 0.458. The molecule has 3 aromatic rings. The summed E-state index contributed by atoms with van der Waals surface area (Å²) in [4.78, 5) is 22.1. The lowest BCUT2D eigenvalue weighted by molar-refractivity contribution is 0.640. The Morgan fingerprint density at radius 1 is 0.917 bits per heavy atom. The average Bonchev–Trinajstić information content (AvgIpc) is 2.61. The Morgan fingerprint density at radius 3 is 2.29 bits per heavy atom. The molecule has 1 aliphatic heterocycles. The highest BCUT2D eigenvalue weighted by Gasteiger charge is 2.22. The number of hydrogen-bond acceptors (Lipinski definition) is 6. The quantitative estimate of drug-likeness (QED) is 0.715. The number of anilines is 2. The zero-order valence-corrected chi connectivity index (χ0v) is 14.1. The molecule has 1 fully saturated rings. The highest BCUT2D eigenvalue weighted by atomic mass is 35.5. The van der Waals surface area contributed by atoms with E-state index in [0.29, 0.717) is 5.15 Å². The smallest absolute Gasteiger partial charge is 0.172 e. The summed E-state index contributed by atoms with van der Waals surface area (Å²) in [5.41, 5.74) is 2.66. The molecular formula is C17H17ClN6. The molecule has 0 saturated carbocycles. The molecule has 0 N–H and O–H groups in total. The van der Waals surface area contributed by atoms with Crippen LogP contribution in [-0.2, 0) is 0 Å². The predicted molar refractivity (Wildman–Crippen MR) is 95.7 cm³/mol. The average molecular weight is 341 g/mol. The number of aromatic nitrogens is 4. The third-order valence-corrected chi connectivity index (χ3v) is 4.46. The molecule has 1 saturated heterocycles. The van der Waals surface area contributed by atoms with Gasteiger partial charge in [-0.1, -0.05) is 23.7 Å². The van der Waals surface area contributed by atoms with Crippen LogP contribution in [0.1, 0.15) is 5.69 Å². The van der Waals surface area contributed by atoms with Crippen molar-refractivity contribution in [2.24, 2.45) is 0 Å². The molecule has 4 rings (SSSR count). The fraction of sp³-hybridized carbons (Fsp3) is 0.294. The third kappa shape index (κ3) is 2.85. The van der Waals surface area contributed by atoms with Gasteiger partial charge < -0.3 is 9.80 Å². The van der Waals surface area contributed by atoms with Gasteiger partial charge in [-0.05, 0) is 19.1 Å². The lowest BCUT2D eigenvalue weighted by atomic mass is 10.3. The van der Waals surface area contributed by atoms with Gasteiger partial charge in [0, 0.05) is 37.9 Å². The number of halogens is 1. The van der Waals surface area contributed by atoms with Crippen molar-refractivity contribution in [2.75, 3.05) is 36.0 Å². The van der Waals surface area contributed by atoms with Gasteiger partial charge in [0.25, 0.3) is 0 Å². The first-order valence-electron chi connectivity index (χ1n) is 7.91. The second kappa shape index (κ2) is 6.20. The normalized spacial score (nSPS) is 15.1. The van der Waals surface area contributed by atoms with Crippen LogP contribution in [0.15, 0.2) is 36.7 Å². The van der Waals surface area contributed by atoms with Crippen LogP contribution in [0, 0.1) is 6.92 Å². The van der Waals surface area contributed by atoms with E-state index in [4.69, 9.17) is 16.6 Å². The van der Waals surface area contributed by atoms with E-state index in [1.165, 1.54) is 0 Å². The second-order valence-electron chi connectivity index (χ2n) is 5.82. The van der Waals surface area contributed by atoms with Gasteiger partial charge in [-0.25, -0.2) is 19.9 Å². The Labute approximate surface area is 145 Å². The predicted octanol–water partition coefficient (Wildman–Crippen LogP) is 2.71. The van der Waals surface area contributed by atoms with Crippen molar-refractivity contribution in [3.05, 3.63) is 47.5 Å². The van der Waals surface area contributed by atoms with Crippen molar-refractivity contribution in [3.8, 4) is 0 Å². The van der Waals surface area contributed by atoms with Gasteiger partial charge in [0.1, 0.15) is 12.1 Å². The third-order valence-electron chi connectivity index (χ3n) is 4.20. The van der Waals surface area contributed by atoms with Crippen LogP contribution in [0.25, 0.3) is 11.0 Å². The maximum Gasteiger partial charge on any atom is 0.172 e. The number of rotatable bonds is 2. The molecular weight excluding hydrogens is 324 g/mol. The van der Waals surface area contributed by atoms with Gasteiger partial charge in [-0.2, -0.15) is 0 Å². The van der Waals surface area contributed by atoms with Crippen LogP contribution in [-0.4, -0.2) is 46.1 Å². The lowest BCUT2D eigenvalue weighted by Crippen LogP contribution is -2.47. The van der Waals surface area contributed by atoms with Crippen molar-refractivity contribution < 1.29 is 0 Å². The Kier molecular flexibility index (Phi) is 3.90. The summed E-state index contributed by atoms with van der Waals surface area (Å²) in [6.45, 7) is 5.36. The molecule has 1 aliphatic rings. The topological polar surface area (TPSA) is 58.0 Å². The van der Waals surface area contributed by atoms with Gasteiger partial charge in [-0.3, -0.25) is 0 Å². The number of hydrogen-bond donors (Lipinski definition) is 0. The van der Waals surface area contributed by atoms with Crippen LogP contribution in [0.5, 0.6) is 0 Å². The molecule has 24 heavy (non-hydrogen) atoms. The number of piperazine rings is 1. The van der Waals surface area contributed by atoms with E-state index < -0.39 is 0 Å². The van der Waals surface area contributed by atoms with Crippen LogP contribution >= 0.6 is 11.6 Å². The SMILES string of the molecule is Cc1cc(N2CCN(c3nc4ccccc4nc3Cl)CC2)ncn1. The van der Waals surface area contributed by atoms with Gasteiger partial charge in [0.15, 0.2) is 11.0 Å². The second-order valence-corrected chi connectivity index (χ2v) is 6.18. The molecule has 6 nitrogen and oxygen atoms in total. The van der Waals surface area contributed by atoms with Gasteiger partial charge in [0.2, 0.25) is 0 Å². The molecule has 7 heteroatoms. The molecule has 0 atom stereocenters. The van der Waals surface area contributed by atoms with Crippen molar-refractivity contribution in [3.63, 3.8) is 0 Å². The lowest BCUT2D eigenvalue weighted by Gasteiger charge is -2.36. The van der Waals surface area contributed by atoms with Crippen molar-refractivity contribution in [2.45, 2.75) is 6.92 Å². The first-order chi connectivity index (χ1) is 11.7. The number of para-hydroxylation sites is 2. The van der Waals surface area contributed by atoms with Gasteiger partial charge >= 0.3 is 0 Å². The number of nitrogens with zero attached hydrogens (tertiary/aromatic N) is 6. The number of benzene rings is 1. The maximum atomic E-state index is 6.36. The molecule has 0 amide bonds. The molecule has 0 bridgehead atoms. The monoisotopic (exact) mass is 340 g/mol. The van der Waals surface area contributed by atoms with E-state index in [2.05, 4.69) is 24.8 Å². The number of fused-ring (bicyclic) bond motifs is 1. The summed E-state index contributed by atoms with van der Waals surface area (Å²) in [5.74, 6) is 1.73. The Bertz CT molecular complexity index is 876. The minimum absolute atomic E-state index is 0.458. The largest absolute Gasteiger partial charge is 0.353 e. The Hall–Kier alpha value is -2.47. The first-order valence-corrected chi connectivity index (χ1v) is 8.29. The fourth-order valence-corrected chi connectivity index (χ4v) is 3.18. The molecule has 0 radical (unpaired) electrons. The van der Waals surface area contributed by atoms with Crippen molar-refractivity contribution in [1.29, 1.82) is 0 Å². The summed E-state index contributed by atoms with van der Waals surface area (Å²) < 4.78 is 0. The summed E-state index contributed by atoms with van der Waals surface area (Å²) in [6.07, 6.45) is 1.61. The highest BCUT2D eigenvalue weighted by molar-refractivity contribution is 6.32. The van der Waals surface area contributed by atoms with Crippen molar-refractivity contribution >= 4 is 34.3 Å². The van der Waals surface area contributed by atoms with Crippen LogP contribution in [0.2, 0.25) is 5.15 Å². The van der Waals surface area contributed by atoms with E-state index >= 15 is 0 Å². The van der Waals surface area contributed by atoms with Gasteiger partial charge in [-0.15, -0.1) is 0 Å². The molecule has 1 aromatic carbocycles. The summed E-state index contributed by atoms with van der Waals surface area (Å²) in [6, 6.07) is 9.80. The summed E-state index contributed by atoms with van der Waals surface area (Å²) >= 11 is 6.36. The Morgan fingerprint density at radius 2 is 1.58 bits per heavy atom. The van der Waals surface area contributed by atoms with E-state index in [1.54, 1.807) is 6.33 Å². The van der Waals surface area contributed by atoms with Crippen LogP contribution in [0.3, 0.4) is 0 Å². The summed E-state index contributed by atoms with van der Waals surface area (Å²) in [7, 11) is 0. The number of aryl methyl sites for hydroxylation is 1. The first kappa shape index (κ1) is 15.1. The molecule has 0 aliphatic carbocycles. The molecule has 0 unspecified atom stereocenters. The van der Waals surface area contributed by atoms with Crippen molar-refractivity contribution in [1.82, 2.24) is 19.9 Å². The van der Waals surface area contributed by atoms with E-state index in [9.17, 15) is 0 Å². The highest BCUT2D eigenvalue weighted by Crippen LogP contribution is 2.26. The Balaban J connectivity index is 1.54. The molecule has 2 aromatic heterocycles. The zero-order chi connectivity index (χ0) is 16.5. The van der Waals surface area contributed by atoms with Gasteiger partial charge in [0.05, 0.1) is 11.0 Å². The standard InChI is InChI=1S/C17H17ClN6/c1-12-10-15(20-11-19-12)23-6-8-24(9-7-23)17-16(18)21-13-4-2-3-5-14(13)22-17/h2-5,10-11H,6-9H2,1H3. The van der Waals surface area contributed by atoms with E-state index in [0.717, 1.165) is 54.5 Å². The minimum Gasteiger partial charge on any atom is -0.353 e. The zero-order valence-electron chi connectivity index (χ0n) is 13.4.